The number of carbonyl (C=O) groups is 2. The summed E-state index contributed by atoms with van der Waals surface area (Å²) >= 11 is 0. The third-order valence-electron chi connectivity index (χ3n) is 3.78. The zero-order chi connectivity index (χ0) is 13.3. The lowest BCUT2D eigenvalue weighted by molar-refractivity contribution is -0.121. The summed E-state index contributed by atoms with van der Waals surface area (Å²) < 4.78 is 0. The fourth-order valence-corrected chi connectivity index (χ4v) is 3.02. The standard InChI is InChI=1S/C16H20O2/c1-10-7-11(2)15(12(3)8-10)16(18)13-5-4-6-14(17)9-13/h7-8,13H,4-6,9H2,1-3H3. The van der Waals surface area contributed by atoms with Crippen molar-refractivity contribution >= 4 is 11.6 Å². The summed E-state index contributed by atoms with van der Waals surface area (Å²) in [6.45, 7) is 6.01. The van der Waals surface area contributed by atoms with Crippen molar-refractivity contribution in [1.29, 1.82) is 0 Å². The van der Waals surface area contributed by atoms with Gasteiger partial charge in [-0.3, -0.25) is 9.59 Å². The maximum atomic E-state index is 12.5. The van der Waals surface area contributed by atoms with Crippen LogP contribution in [0.15, 0.2) is 12.1 Å². The van der Waals surface area contributed by atoms with Crippen LogP contribution in [-0.4, -0.2) is 11.6 Å². The molecule has 0 bridgehead atoms. The Bertz CT molecular complexity index is 477. The van der Waals surface area contributed by atoms with Crippen molar-refractivity contribution in [1.82, 2.24) is 0 Å². The molecule has 1 aliphatic rings. The first-order chi connectivity index (χ1) is 8.49. The molecule has 0 aromatic heterocycles. The van der Waals surface area contributed by atoms with Gasteiger partial charge in [0.15, 0.2) is 5.78 Å². The van der Waals surface area contributed by atoms with Crippen LogP contribution in [0.4, 0.5) is 0 Å². The molecule has 1 aromatic rings. The van der Waals surface area contributed by atoms with Gasteiger partial charge in [0, 0.05) is 24.3 Å². The summed E-state index contributed by atoms with van der Waals surface area (Å²) in [6, 6.07) is 4.09. The van der Waals surface area contributed by atoms with E-state index in [1.165, 1.54) is 5.56 Å². The van der Waals surface area contributed by atoms with Gasteiger partial charge in [0.05, 0.1) is 0 Å². The van der Waals surface area contributed by atoms with E-state index in [4.69, 9.17) is 0 Å². The number of hydrogen-bond acceptors (Lipinski definition) is 2. The Kier molecular flexibility index (Phi) is 3.65. The highest BCUT2D eigenvalue weighted by molar-refractivity contribution is 6.02. The first-order valence-corrected chi connectivity index (χ1v) is 6.63. The third-order valence-corrected chi connectivity index (χ3v) is 3.78. The molecule has 96 valence electrons. The number of rotatable bonds is 2. The molecule has 1 aliphatic carbocycles. The maximum Gasteiger partial charge on any atom is 0.166 e. The van der Waals surface area contributed by atoms with Crippen molar-refractivity contribution in [3.63, 3.8) is 0 Å². The fraction of sp³-hybridized carbons (Fsp3) is 0.500. The van der Waals surface area contributed by atoms with Gasteiger partial charge in [0.2, 0.25) is 0 Å². The van der Waals surface area contributed by atoms with Gasteiger partial charge in [-0.15, -0.1) is 0 Å². The fourth-order valence-electron chi connectivity index (χ4n) is 3.02. The highest BCUT2D eigenvalue weighted by Crippen LogP contribution is 2.28. The summed E-state index contributed by atoms with van der Waals surface area (Å²) in [4.78, 5) is 24.0. The van der Waals surface area contributed by atoms with Crippen molar-refractivity contribution in [3.05, 3.63) is 34.4 Å². The zero-order valence-corrected chi connectivity index (χ0v) is 11.4. The number of benzene rings is 1. The van der Waals surface area contributed by atoms with Gasteiger partial charge in [-0.25, -0.2) is 0 Å². The van der Waals surface area contributed by atoms with E-state index in [1.807, 2.05) is 32.9 Å². The van der Waals surface area contributed by atoms with Crippen LogP contribution < -0.4 is 0 Å². The molecule has 1 atom stereocenters. The molecule has 0 spiro atoms. The van der Waals surface area contributed by atoms with E-state index >= 15 is 0 Å². The molecule has 0 N–H and O–H groups in total. The van der Waals surface area contributed by atoms with Crippen LogP contribution >= 0.6 is 0 Å². The van der Waals surface area contributed by atoms with Gasteiger partial charge in [-0.05, 0) is 44.7 Å². The number of ketones is 2. The van der Waals surface area contributed by atoms with Gasteiger partial charge < -0.3 is 0 Å². The van der Waals surface area contributed by atoms with Crippen molar-refractivity contribution < 1.29 is 9.59 Å². The van der Waals surface area contributed by atoms with Crippen LogP contribution in [0, 0.1) is 26.7 Å². The Morgan fingerprint density at radius 1 is 1.17 bits per heavy atom. The monoisotopic (exact) mass is 244 g/mol. The molecule has 1 saturated carbocycles. The van der Waals surface area contributed by atoms with Crippen molar-refractivity contribution in [2.45, 2.75) is 46.5 Å². The maximum absolute atomic E-state index is 12.5. The lowest BCUT2D eigenvalue weighted by Crippen LogP contribution is -2.24. The average Bonchev–Trinajstić information content (AvgIpc) is 2.27. The zero-order valence-electron chi connectivity index (χ0n) is 11.4. The number of hydrogen-bond donors (Lipinski definition) is 0. The summed E-state index contributed by atoms with van der Waals surface area (Å²) in [5, 5.41) is 0. The first-order valence-electron chi connectivity index (χ1n) is 6.63. The minimum Gasteiger partial charge on any atom is -0.300 e. The Balaban J connectivity index is 2.31. The van der Waals surface area contributed by atoms with Gasteiger partial charge in [-0.1, -0.05) is 17.7 Å². The summed E-state index contributed by atoms with van der Waals surface area (Å²) in [7, 11) is 0. The number of aryl methyl sites for hydroxylation is 3. The molecular formula is C16H20O2. The van der Waals surface area contributed by atoms with Crippen LogP contribution in [0.3, 0.4) is 0 Å². The molecule has 2 nitrogen and oxygen atoms in total. The second kappa shape index (κ2) is 5.05. The molecule has 0 radical (unpaired) electrons. The Morgan fingerprint density at radius 2 is 1.78 bits per heavy atom. The molecule has 2 rings (SSSR count). The highest BCUT2D eigenvalue weighted by atomic mass is 16.1. The van der Waals surface area contributed by atoms with Crippen molar-refractivity contribution in [2.24, 2.45) is 5.92 Å². The smallest absolute Gasteiger partial charge is 0.166 e. The van der Waals surface area contributed by atoms with Gasteiger partial charge >= 0.3 is 0 Å². The van der Waals surface area contributed by atoms with Crippen LogP contribution in [0.25, 0.3) is 0 Å². The summed E-state index contributed by atoms with van der Waals surface area (Å²) in [5.74, 6) is 0.312. The second-order valence-corrected chi connectivity index (χ2v) is 5.47. The molecule has 1 aromatic carbocycles. The quantitative estimate of drug-likeness (QED) is 0.745. The first kappa shape index (κ1) is 13.0. The molecule has 1 unspecified atom stereocenters. The molecule has 0 heterocycles. The van der Waals surface area contributed by atoms with E-state index in [9.17, 15) is 9.59 Å². The summed E-state index contributed by atoms with van der Waals surface area (Å²) in [6.07, 6.45) is 2.80. The van der Waals surface area contributed by atoms with Gasteiger partial charge in [-0.2, -0.15) is 0 Å². The average molecular weight is 244 g/mol. The van der Waals surface area contributed by atoms with E-state index in [0.717, 1.165) is 29.5 Å². The van der Waals surface area contributed by atoms with Crippen LogP contribution in [-0.2, 0) is 4.79 Å². The third kappa shape index (κ3) is 2.53. The molecule has 18 heavy (non-hydrogen) atoms. The SMILES string of the molecule is Cc1cc(C)c(C(=O)C2CCCC(=O)C2)c(C)c1. The van der Waals surface area contributed by atoms with Crippen LogP contribution in [0.5, 0.6) is 0 Å². The minimum atomic E-state index is -0.0913. The van der Waals surface area contributed by atoms with Gasteiger partial charge in [0.25, 0.3) is 0 Å². The molecule has 0 saturated heterocycles. The normalized spacial score (nSPS) is 19.9. The van der Waals surface area contributed by atoms with E-state index in [1.54, 1.807) is 0 Å². The number of carbonyl (C=O) groups excluding carboxylic acids is 2. The van der Waals surface area contributed by atoms with E-state index in [2.05, 4.69) is 0 Å². The molecule has 2 heteroatoms. The molecule has 1 fully saturated rings. The number of Topliss-reactive ketones (excluding diaryl/α,β-unsaturated/α-hetero) is 2. The van der Waals surface area contributed by atoms with E-state index < -0.39 is 0 Å². The topological polar surface area (TPSA) is 34.1 Å². The lowest BCUT2D eigenvalue weighted by atomic mass is 9.81. The summed E-state index contributed by atoms with van der Waals surface area (Å²) in [5.41, 5.74) is 4.09. The van der Waals surface area contributed by atoms with Crippen molar-refractivity contribution in [2.75, 3.05) is 0 Å². The molecule has 0 amide bonds. The van der Waals surface area contributed by atoms with Crippen LogP contribution in [0.2, 0.25) is 0 Å². The predicted molar refractivity (Wildman–Crippen MR) is 71.9 cm³/mol. The van der Waals surface area contributed by atoms with Crippen molar-refractivity contribution in [3.8, 4) is 0 Å². The minimum absolute atomic E-state index is 0.0913. The van der Waals surface area contributed by atoms with E-state index in [-0.39, 0.29) is 17.5 Å². The largest absolute Gasteiger partial charge is 0.300 e. The molecular weight excluding hydrogens is 224 g/mol. The van der Waals surface area contributed by atoms with Crippen LogP contribution in [0.1, 0.15) is 52.7 Å². The van der Waals surface area contributed by atoms with Gasteiger partial charge in [0.1, 0.15) is 5.78 Å². The van der Waals surface area contributed by atoms with E-state index in [0.29, 0.717) is 12.8 Å². The second-order valence-electron chi connectivity index (χ2n) is 5.47. The lowest BCUT2D eigenvalue weighted by Gasteiger charge is -2.21. The predicted octanol–water partition coefficient (Wildman–Crippen LogP) is 3.55. The Labute approximate surface area is 108 Å². The molecule has 0 aliphatic heterocycles. The Hall–Kier alpha value is -1.44. The highest BCUT2D eigenvalue weighted by Gasteiger charge is 2.28. The Morgan fingerprint density at radius 3 is 2.33 bits per heavy atom.